The first-order chi connectivity index (χ1) is 11.0. The van der Waals surface area contributed by atoms with Gasteiger partial charge in [-0.1, -0.05) is 26.0 Å². The number of carbonyl (C=O) groups is 1. The molecule has 3 aliphatic rings. The maximum Gasteiger partial charge on any atom is 0.174 e. The summed E-state index contributed by atoms with van der Waals surface area (Å²) in [5.41, 5.74) is 0.644. The second-order valence-corrected chi connectivity index (χ2v) is 6.73. The van der Waals surface area contributed by atoms with E-state index in [9.17, 15) is 9.90 Å². The van der Waals surface area contributed by atoms with Gasteiger partial charge in [0.2, 0.25) is 0 Å². The first-order valence-corrected chi connectivity index (χ1v) is 8.76. The average molecular weight is 317 g/mol. The summed E-state index contributed by atoms with van der Waals surface area (Å²) in [6, 6.07) is 5.88. The molecule has 0 aromatic heterocycles. The number of hydrogen-bond donors (Lipinski definition) is 2. The van der Waals surface area contributed by atoms with Crippen molar-refractivity contribution in [2.45, 2.75) is 70.1 Å². The highest BCUT2D eigenvalue weighted by molar-refractivity contribution is 5.89. The fourth-order valence-corrected chi connectivity index (χ4v) is 4.85. The van der Waals surface area contributed by atoms with Crippen molar-refractivity contribution in [2.75, 3.05) is 6.54 Å². The van der Waals surface area contributed by atoms with Crippen molar-refractivity contribution in [3.63, 3.8) is 0 Å². The number of aliphatic hydroxyl groups is 1. The van der Waals surface area contributed by atoms with Gasteiger partial charge in [0.1, 0.15) is 5.75 Å². The second kappa shape index (κ2) is 5.60. The molecular formula is C19H27NO3. The van der Waals surface area contributed by atoms with E-state index >= 15 is 0 Å². The molecule has 2 N–H and O–H groups in total. The van der Waals surface area contributed by atoms with Gasteiger partial charge in [0.15, 0.2) is 11.9 Å². The number of carbonyl (C=O) groups excluding carboxylic acids is 1. The van der Waals surface area contributed by atoms with Crippen LogP contribution in [0.2, 0.25) is 0 Å². The molecule has 23 heavy (non-hydrogen) atoms. The van der Waals surface area contributed by atoms with Gasteiger partial charge in [-0.3, -0.25) is 4.79 Å². The summed E-state index contributed by atoms with van der Waals surface area (Å²) < 4.78 is 6.04. The summed E-state index contributed by atoms with van der Waals surface area (Å²) in [6.07, 6.45) is 1.11. The van der Waals surface area contributed by atoms with Crippen molar-refractivity contribution < 1.29 is 14.6 Å². The van der Waals surface area contributed by atoms with Crippen LogP contribution < -0.4 is 10.1 Å². The standard InChI is InChI=1S/C17H21NO3.C2H6/c1-10-4-3-5-13-14(10)16-8-9-18-11(2)17(16,20)7-6-12(19)15(16)21-13;1-2/h3-5,11,15,18,20H,6-9H2,1-2H3;1-2H3/t11?,15-,16?,17?;/m0./s1. The third kappa shape index (κ3) is 1.94. The number of aryl methyl sites for hydroxylation is 1. The number of nitrogens with one attached hydrogen (secondary N) is 1. The van der Waals surface area contributed by atoms with E-state index in [4.69, 9.17) is 4.74 Å². The van der Waals surface area contributed by atoms with Crippen LogP contribution >= 0.6 is 0 Å². The van der Waals surface area contributed by atoms with E-state index in [0.717, 1.165) is 29.8 Å². The van der Waals surface area contributed by atoms with Crippen LogP contribution in [-0.2, 0) is 10.2 Å². The summed E-state index contributed by atoms with van der Waals surface area (Å²) in [5, 5.41) is 14.9. The third-order valence-electron chi connectivity index (χ3n) is 5.88. The molecule has 4 atom stereocenters. The molecule has 2 heterocycles. The van der Waals surface area contributed by atoms with Crippen LogP contribution in [0.1, 0.15) is 51.2 Å². The van der Waals surface area contributed by atoms with Crippen molar-refractivity contribution in [1.82, 2.24) is 5.32 Å². The van der Waals surface area contributed by atoms with E-state index in [1.807, 2.05) is 45.9 Å². The topological polar surface area (TPSA) is 58.6 Å². The van der Waals surface area contributed by atoms with Gasteiger partial charge >= 0.3 is 0 Å². The smallest absolute Gasteiger partial charge is 0.174 e. The van der Waals surface area contributed by atoms with Crippen LogP contribution in [-0.4, -0.2) is 35.2 Å². The van der Waals surface area contributed by atoms with Gasteiger partial charge in [-0.15, -0.1) is 0 Å². The summed E-state index contributed by atoms with van der Waals surface area (Å²) in [5.74, 6) is 0.909. The monoisotopic (exact) mass is 317 g/mol. The summed E-state index contributed by atoms with van der Waals surface area (Å²) in [4.78, 5) is 12.5. The summed E-state index contributed by atoms with van der Waals surface area (Å²) in [7, 11) is 0. The predicted octanol–water partition coefficient (Wildman–Crippen LogP) is 2.50. The highest BCUT2D eigenvalue weighted by atomic mass is 16.5. The van der Waals surface area contributed by atoms with Crippen molar-refractivity contribution >= 4 is 5.78 Å². The lowest BCUT2D eigenvalue weighted by atomic mass is 9.53. The van der Waals surface area contributed by atoms with E-state index in [2.05, 4.69) is 5.32 Å². The van der Waals surface area contributed by atoms with E-state index in [1.165, 1.54) is 0 Å². The van der Waals surface area contributed by atoms with E-state index < -0.39 is 17.1 Å². The number of hydrogen-bond acceptors (Lipinski definition) is 4. The lowest BCUT2D eigenvalue weighted by Gasteiger charge is -2.56. The molecule has 4 heteroatoms. The van der Waals surface area contributed by atoms with Crippen molar-refractivity contribution in [3.8, 4) is 5.75 Å². The Morgan fingerprint density at radius 1 is 1.30 bits per heavy atom. The van der Waals surface area contributed by atoms with Crippen molar-refractivity contribution in [1.29, 1.82) is 0 Å². The minimum atomic E-state index is -0.929. The molecule has 1 spiro atoms. The summed E-state index contributed by atoms with van der Waals surface area (Å²) in [6.45, 7) is 8.86. The van der Waals surface area contributed by atoms with Gasteiger partial charge in [0.05, 0.1) is 11.0 Å². The molecule has 1 saturated carbocycles. The molecular weight excluding hydrogens is 290 g/mol. The minimum Gasteiger partial charge on any atom is -0.481 e. The van der Waals surface area contributed by atoms with E-state index in [0.29, 0.717) is 12.8 Å². The van der Waals surface area contributed by atoms with Gasteiger partial charge in [-0.2, -0.15) is 0 Å². The normalized spacial score (nSPS) is 37.7. The first kappa shape index (κ1) is 16.5. The molecule has 4 rings (SSSR count). The van der Waals surface area contributed by atoms with Crippen molar-refractivity contribution in [3.05, 3.63) is 29.3 Å². The Hall–Kier alpha value is -1.39. The molecule has 4 nitrogen and oxygen atoms in total. The number of ketones is 1. The van der Waals surface area contributed by atoms with E-state index in [-0.39, 0.29) is 11.8 Å². The van der Waals surface area contributed by atoms with Gasteiger partial charge in [0, 0.05) is 18.0 Å². The molecule has 3 unspecified atom stereocenters. The average Bonchev–Trinajstić information content (AvgIpc) is 2.90. The molecule has 0 bridgehead atoms. The van der Waals surface area contributed by atoms with Gasteiger partial charge in [-0.05, 0) is 44.9 Å². The quantitative estimate of drug-likeness (QED) is 0.772. The Morgan fingerprint density at radius 2 is 2.04 bits per heavy atom. The van der Waals surface area contributed by atoms with Crippen LogP contribution in [0.25, 0.3) is 0 Å². The molecule has 1 aromatic carbocycles. The molecule has 0 amide bonds. The van der Waals surface area contributed by atoms with Gasteiger partial charge in [-0.25, -0.2) is 0 Å². The molecule has 1 aliphatic carbocycles. The second-order valence-electron chi connectivity index (χ2n) is 6.73. The van der Waals surface area contributed by atoms with Crippen LogP contribution in [0.15, 0.2) is 18.2 Å². The third-order valence-corrected chi connectivity index (χ3v) is 5.88. The van der Waals surface area contributed by atoms with E-state index in [1.54, 1.807) is 0 Å². The Balaban J connectivity index is 0.000000753. The zero-order valence-electron chi connectivity index (χ0n) is 14.5. The summed E-state index contributed by atoms with van der Waals surface area (Å²) >= 11 is 0. The minimum absolute atomic E-state index is 0.0454. The Bertz CT molecular complexity index is 629. The van der Waals surface area contributed by atoms with Crippen molar-refractivity contribution in [2.24, 2.45) is 0 Å². The van der Waals surface area contributed by atoms with Gasteiger partial charge in [0.25, 0.3) is 0 Å². The molecule has 126 valence electrons. The molecule has 1 saturated heterocycles. The lowest BCUT2D eigenvalue weighted by Crippen LogP contribution is -2.73. The highest BCUT2D eigenvalue weighted by Crippen LogP contribution is 2.58. The SMILES string of the molecule is CC.Cc1cccc2c1C13CCNC(C)C1(O)CCC(=O)[C@@H]3O2. The van der Waals surface area contributed by atoms with Gasteiger partial charge < -0.3 is 15.2 Å². The molecule has 0 radical (unpaired) electrons. The van der Waals surface area contributed by atoms with Crippen LogP contribution in [0.5, 0.6) is 5.75 Å². The molecule has 2 fully saturated rings. The zero-order chi connectivity index (χ0) is 16.8. The van der Waals surface area contributed by atoms with Crippen LogP contribution in [0.3, 0.4) is 0 Å². The fourth-order valence-electron chi connectivity index (χ4n) is 4.85. The number of rotatable bonds is 0. The maximum absolute atomic E-state index is 12.5. The number of fused-ring (bicyclic) bond motifs is 1. The largest absolute Gasteiger partial charge is 0.481 e. The molecule has 1 aromatic rings. The Morgan fingerprint density at radius 3 is 2.78 bits per heavy atom. The predicted molar refractivity (Wildman–Crippen MR) is 89.9 cm³/mol. The zero-order valence-corrected chi connectivity index (χ0v) is 14.5. The van der Waals surface area contributed by atoms with Crippen LogP contribution in [0.4, 0.5) is 0 Å². The maximum atomic E-state index is 12.5. The molecule has 2 aliphatic heterocycles. The van der Waals surface area contributed by atoms with Crippen LogP contribution in [0, 0.1) is 6.92 Å². The number of benzene rings is 1. The first-order valence-electron chi connectivity index (χ1n) is 8.76. The Kier molecular flexibility index (Phi) is 4.01. The Labute approximate surface area is 138 Å². The number of piperidine rings is 1. The number of ether oxygens (including phenoxy) is 1. The highest BCUT2D eigenvalue weighted by Gasteiger charge is 2.68. The lowest BCUT2D eigenvalue weighted by molar-refractivity contribution is -0.162. The number of Topliss-reactive ketones (excluding diaryl/α,β-unsaturated/α-hetero) is 1. The fraction of sp³-hybridized carbons (Fsp3) is 0.632.